The summed E-state index contributed by atoms with van der Waals surface area (Å²) in [7, 11) is 0. The van der Waals surface area contributed by atoms with E-state index in [0.717, 1.165) is 0 Å². The van der Waals surface area contributed by atoms with Crippen molar-refractivity contribution in [3.63, 3.8) is 0 Å². The molecule has 0 aromatic carbocycles. The molecule has 0 saturated heterocycles. The van der Waals surface area contributed by atoms with Gasteiger partial charge in [0.25, 0.3) is 0 Å². The van der Waals surface area contributed by atoms with Crippen LogP contribution < -0.4 is 0 Å². The summed E-state index contributed by atoms with van der Waals surface area (Å²) in [5, 5.41) is 3.58. The van der Waals surface area contributed by atoms with E-state index in [1.54, 1.807) is 6.92 Å². The summed E-state index contributed by atoms with van der Waals surface area (Å²) in [6.45, 7) is 7.54. The maximum absolute atomic E-state index is 5.51. The molecule has 0 aliphatic rings. The topological polar surface area (TPSA) is 30.8 Å². The van der Waals surface area contributed by atoms with Crippen LogP contribution in [-0.4, -0.2) is 18.1 Å². The number of hydrogen-bond donors (Lipinski definition) is 0. The predicted molar refractivity (Wildman–Crippen MR) is 45.7 cm³/mol. The van der Waals surface area contributed by atoms with E-state index in [4.69, 9.17) is 21.2 Å². The lowest BCUT2D eigenvalue weighted by atomic mass is 10.7. The van der Waals surface area contributed by atoms with Gasteiger partial charge in [-0.05, 0) is 13.0 Å². The molecule has 11 heavy (non-hydrogen) atoms. The second kappa shape index (κ2) is 6.04. The van der Waals surface area contributed by atoms with Gasteiger partial charge in [-0.15, -0.1) is 0 Å². The standard InChI is InChI=1S/C7H12ClNO2/c1-4-7(8)11-9-6(3)10-5-2/h4,7H,1,5H2,2-3H3/b9-6-. The zero-order valence-corrected chi connectivity index (χ0v) is 7.47. The lowest BCUT2D eigenvalue weighted by molar-refractivity contribution is 0.134. The molecule has 0 fully saturated rings. The Labute approximate surface area is 71.6 Å². The monoisotopic (exact) mass is 177 g/mol. The summed E-state index contributed by atoms with van der Waals surface area (Å²) in [5.41, 5.74) is -0.592. The number of halogens is 1. The summed E-state index contributed by atoms with van der Waals surface area (Å²) >= 11 is 5.51. The molecule has 0 radical (unpaired) electrons. The predicted octanol–water partition coefficient (Wildman–Crippen LogP) is 2.12. The first-order valence-corrected chi connectivity index (χ1v) is 3.74. The first-order valence-electron chi connectivity index (χ1n) is 3.30. The fraction of sp³-hybridized carbons (Fsp3) is 0.571. The van der Waals surface area contributed by atoms with Crippen LogP contribution in [0.15, 0.2) is 17.8 Å². The van der Waals surface area contributed by atoms with Crippen molar-refractivity contribution in [3.05, 3.63) is 12.7 Å². The molecule has 0 rings (SSSR count). The average Bonchev–Trinajstić information content (AvgIpc) is 2.01. The van der Waals surface area contributed by atoms with Crippen LogP contribution in [0.1, 0.15) is 13.8 Å². The number of hydrogen-bond acceptors (Lipinski definition) is 3. The molecule has 64 valence electrons. The second-order valence-corrected chi connectivity index (χ2v) is 2.17. The van der Waals surface area contributed by atoms with E-state index >= 15 is 0 Å². The Bertz CT molecular complexity index is 147. The van der Waals surface area contributed by atoms with E-state index in [2.05, 4.69) is 11.7 Å². The number of nitrogens with zero attached hydrogens (tertiary/aromatic N) is 1. The van der Waals surface area contributed by atoms with E-state index in [-0.39, 0.29) is 0 Å². The molecule has 0 saturated carbocycles. The van der Waals surface area contributed by atoms with E-state index < -0.39 is 5.56 Å². The van der Waals surface area contributed by atoms with Gasteiger partial charge in [-0.25, -0.2) is 0 Å². The van der Waals surface area contributed by atoms with Crippen molar-refractivity contribution in [1.82, 2.24) is 0 Å². The lowest BCUT2D eigenvalue weighted by Crippen LogP contribution is -2.02. The SMILES string of the molecule is C=CC(Cl)O/N=C(/C)OCC. The van der Waals surface area contributed by atoms with Gasteiger partial charge in [0, 0.05) is 6.92 Å². The number of oxime groups is 1. The molecule has 1 atom stereocenters. The Morgan fingerprint density at radius 3 is 2.91 bits per heavy atom. The van der Waals surface area contributed by atoms with Crippen LogP contribution in [0.4, 0.5) is 0 Å². The van der Waals surface area contributed by atoms with Crippen molar-refractivity contribution in [2.45, 2.75) is 19.4 Å². The van der Waals surface area contributed by atoms with Crippen molar-refractivity contribution in [2.24, 2.45) is 5.16 Å². The number of ether oxygens (including phenoxy) is 1. The van der Waals surface area contributed by atoms with Crippen LogP contribution in [0.5, 0.6) is 0 Å². The molecule has 0 spiro atoms. The van der Waals surface area contributed by atoms with Crippen LogP contribution >= 0.6 is 11.6 Å². The van der Waals surface area contributed by atoms with E-state index in [1.807, 2.05) is 6.92 Å². The summed E-state index contributed by atoms with van der Waals surface area (Å²) < 4.78 is 4.97. The van der Waals surface area contributed by atoms with Crippen molar-refractivity contribution in [1.29, 1.82) is 0 Å². The quantitative estimate of drug-likeness (QED) is 0.217. The van der Waals surface area contributed by atoms with Gasteiger partial charge in [0.1, 0.15) is 0 Å². The largest absolute Gasteiger partial charge is 0.479 e. The molecular formula is C7H12ClNO2. The molecule has 4 heteroatoms. The first kappa shape index (κ1) is 10.3. The van der Waals surface area contributed by atoms with Gasteiger partial charge in [-0.1, -0.05) is 23.3 Å². The van der Waals surface area contributed by atoms with Gasteiger partial charge >= 0.3 is 0 Å². The molecule has 3 nitrogen and oxygen atoms in total. The van der Waals surface area contributed by atoms with Crippen molar-refractivity contribution >= 4 is 17.5 Å². The highest BCUT2D eigenvalue weighted by Gasteiger charge is 1.96. The number of rotatable bonds is 4. The normalized spacial score (nSPS) is 13.9. The molecule has 0 aromatic rings. The third-order valence-corrected chi connectivity index (χ3v) is 1.08. The van der Waals surface area contributed by atoms with Crippen molar-refractivity contribution < 1.29 is 9.57 Å². The Balaban J connectivity index is 3.62. The highest BCUT2D eigenvalue weighted by molar-refractivity contribution is 6.20. The third-order valence-electron chi connectivity index (χ3n) is 0.820. The zero-order chi connectivity index (χ0) is 8.69. The van der Waals surface area contributed by atoms with Crippen LogP contribution in [0.3, 0.4) is 0 Å². The van der Waals surface area contributed by atoms with Gasteiger partial charge in [-0.2, -0.15) is 0 Å². The van der Waals surface area contributed by atoms with Crippen LogP contribution in [0.2, 0.25) is 0 Å². The molecule has 0 aliphatic heterocycles. The molecule has 0 aromatic heterocycles. The average molecular weight is 178 g/mol. The second-order valence-electron chi connectivity index (χ2n) is 1.74. The summed E-state index contributed by atoms with van der Waals surface area (Å²) in [4.78, 5) is 4.72. The zero-order valence-electron chi connectivity index (χ0n) is 6.71. The maximum atomic E-state index is 5.51. The molecular weight excluding hydrogens is 166 g/mol. The molecule has 0 aliphatic carbocycles. The fourth-order valence-electron chi connectivity index (χ4n) is 0.403. The Morgan fingerprint density at radius 1 is 1.82 bits per heavy atom. The number of alkyl halides is 1. The van der Waals surface area contributed by atoms with Gasteiger partial charge in [0.15, 0.2) is 0 Å². The highest BCUT2D eigenvalue weighted by atomic mass is 35.5. The van der Waals surface area contributed by atoms with Gasteiger partial charge in [0.05, 0.1) is 6.61 Å². The minimum absolute atomic E-state index is 0.458. The first-order chi connectivity index (χ1) is 5.20. The van der Waals surface area contributed by atoms with Gasteiger partial charge in [-0.3, -0.25) is 0 Å². The van der Waals surface area contributed by atoms with Crippen LogP contribution in [-0.2, 0) is 9.57 Å². The Hall–Kier alpha value is -0.700. The van der Waals surface area contributed by atoms with Crippen molar-refractivity contribution in [3.8, 4) is 0 Å². The summed E-state index contributed by atoms with van der Waals surface area (Å²) in [6.07, 6.45) is 1.43. The van der Waals surface area contributed by atoms with Gasteiger partial charge in [0.2, 0.25) is 11.5 Å². The van der Waals surface area contributed by atoms with Crippen LogP contribution in [0.25, 0.3) is 0 Å². The molecule has 1 unspecified atom stereocenters. The summed E-state index contributed by atoms with van der Waals surface area (Å²) in [5.74, 6) is 0.458. The van der Waals surface area contributed by atoms with Gasteiger partial charge < -0.3 is 9.57 Å². The lowest BCUT2D eigenvalue weighted by Gasteiger charge is -2.03. The Kier molecular flexibility index (Phi) is 5.65. The minimum Gasteiger partial charge on any atom is -0.479 e. The highest BCUT2D eigenvalue weighted by Crippen LogP contribution is 1.99. The van der Waals surface area contributed by atoms with E-state index in [1.165, 1.54) is 6.08 Å². The molecule has 0 heterocycles. The van der Waals surface area contributed by atoms with E-state index in [9.17, 15) is 0 Å². The fourth-order valence-corrected chi connectivity index (χ4v) is 0.443. The van der Waals surface area contributed by atoms with E-state index in [0.29, 0.717) is 12.5 Å². The van der Waals surface area contributed by atoms with Crippen LogP contribution in [0, 0.1) is 0 Å². The molecule has 0 amide bonds. The summed E-state index contributed by atoms with van der Waals surface area (Å²) in [6, 6.07) is 0. The third kappa shape index (κ3) is 5.73. The molecule has 0 N–H and O–H groups in total. The Morgan fingerprint density at radius 2 is 2.45 bits per heavy atom. The molecule has 0 bridgehead atoms. The van der Waals surface area contributed by atoms with Crippen molar-refractivity contribution in [2.75, 3.05) is 6.61 Å². The maximum Gasteiger partial charge on any atom is 0.222 e. The minimum atomic E-state index is -0.592. The smallest absolute Gasteiger partial charge is 0.222 e.